The van der Waals surface area contributed by atoms with Crippen LogP contribution in [0.1, 0.15) is 49.7 Å². The van der Waals surface area contributed by atoms with Crippen LogP contribution in [-0.4, -0.2) is 0 Å². The number of halogens is 1. The summed E-state index contributed by atoms with van der Waals surface area (Å²) in [5.41, 5.74) is 0.856. The molecule has 20 heavy (non-hydrogen) atoms. The van der Waals surface area contributed by atoms with E-state index in [1.165, 1.54) is 25.7 Å². The van der Waals surface area contributed by atoms with Crippen LogP contribution in [0.5, 0.6) is 0 Å². The molecule has 0 heterocycles. The van der Waals surface area contributed by atoms with Gasteiger partial charge in [-0.3, -0.25) is 0 Å². The van der Waals surface area contributed by atoms with Crippen molar-refractivity contribution in [1.29, 1.82) is 5.26 Å². The van der Waals surface area contributed by atoms with E-state index in [-0.39, 0.29) is 11.4 Å². The molecule has 106 valence electrons. The first-order chi connectivity index (χ1) is 9.74. The lowest BCUT2D eigenvalue weighted by molar-refractivity contribution is 0.264. The van der Waals surface area contributed by atoms with Crippen molar-refractivity contribution in [2.45, 2.75) is 44.9 Å². The Balaban J connectivity index is 1.85. The molecule has 0 saturated heterocycles. The number of nitrogens with zero attached hydrogens (tertiary/aromatic N) is 1. The van der Waals surface area contributed by atoms with Crippen molar-refractivity contribution < 1.29 is 4.39 Å². The predicted molar refractivity (Wildman–Crippen MR) is 79.7 cm³/mol. The second kappa shape index (κ2) is 7.24. The lowest BCUT2D eigenvalue weighted by atomic mass is 9.78. The molecule has 1 aliphatic rings. The molecule has 2 rings (SSSR count). The molecule has 0 unspecified atom stereocenters. The zero-order valence-electron chi connectivity index (χ0n) is 11.9. The molecule has 0 bridgehead atoms. The van der Waals surface area contributed by atoms with E-state index in [1.54, 1.807) is 18.2 Å². The molecule has 1 nitrogen and oxygen atoms in total. The minimum atomic E-state index is -0.324. The van der Waals surface area contributed by atoms with Crippen LogP contribution in [0, 0.1) is 29.0 Å². The van der Waals surface area contributed by atoms with E-state index in [1.807, 2.05) is 12.1 Å². The van der Waals surface area contributed by atoms with Gasteiger partial charge in [0, 0.05) is 0 Å². The Hall–Kier alpha value is -1.62. The summed E-state index contributed by atoms with van der Waals surface area (Å²) in [7, 11) is 0. The number of hydrogen-bond donors (Lipinski definition) is 0. The molecule has 1 aromatic carbocycles. The summed E-state index contributed by atoms with van der Waals surface area (Å²) >= 11 is 0. The van der Waals surface area contributed by atoms with Crippen molar-refractivity contribution in [2.75, 3.05) is 0 Å². The van der Waals surface area contributed by atoms with Gasteiger partial charge in [-0.2, -0.15) is 5.26 Å². The number of allylic oxidation sites excluding steroid dienone is 1. The Morgan fingerprint density at radius 1 is 1.25 bits per heavy atom. The van der Waals surface area contributed by atoms with Gasteiger partial charge in [-0.05, 0) is 55.6 Å². The van der Waals surface area contributed by atoms with Crippen molar-refractivity contribution in [1.82, 2.24) is 0 Å². The first-order valence-electron chi connectivity index (χ1n) is 7.53. The van der Waals surface area contributed by atoms with Crippen LogP contribution in [0.3, 0.4) is 0 Å². The number of aryl methyl sites for hydroxylation is 1. The van der Waals surface area contributed by atoms with Gasteiger partial charge in [-0.1, -0.05) is 31.1 Å². The Morgan fingerprint density at radius 2 is 1.95 bits per heavy atom. The van der Waals surface area contributed by atoms with Crippen LogP contribution in [0.4, 0.5) is 4.39 Å². The average molecular weight is 271 g/mol. The van der Waals surface area contributed by atoms with E-state index in [2.05, 4.69) is 6.58 Å². The summed E-state index contributed by atoms with van der Waals surface area (Å²) in [6.45, 7) is 3.81. The molecular weight excluding hydrogens is 249 g/mol. The molecular formula is C18H22FN. The predicted octanol–water partition coefficient (Wildman–Crippen LogP) is 5.01. The molecule has 0 aliphatic heterocycles. The number of rotatable bonds is 5. The van der Waals surface area contributed by atoms with Crippen LogP contribution in [0.15, 0.2) is 30.9 Å². The van der Waals surface area contributed by atoms with Crippen LogP contribution in [0.2, 0.25) is 0 Å². The summed E-state index contributed by atoms with van der Waals surface area (Å²) in [4.78, 5) is 0. The third-order valence-electron chi connectivity index (χ3n) is 4.49. The Kier molecular flexibility index (Phi) is 5.35. The van der Waals surface area contributed by atoms with E-state index in [0.29, 0.717) is 11.5 Å². The molecule has 1 fully saturated rings. The molecule has 0 radical (unpaired) electrons. The second-order valence-corrected chi connectivity index (χ2v) is 5.84. The molecule has 0 spiro atoms. The van der Waals surface area contributed by atoms with E-state index >= 15 is 0 Å². The summed E-state index contributed by atoms with van der Waals surface area (Å²) in [6, 6.07) is 7.03. The molecule has 1 saturated carbocycles. The van der Waals surface area contributed by atoms with Crippen molar-refractivity contribution in [3.63, 3.8) is 0 Å². The van der Waals surface area contributed by atoms with Crippen LogP contribution in [-0.2, 0) is 6.42 Å². The maximum atomic E-state index is 14.0. The smallest absolute Gasteiger partial charge is 0.144 e. The van der Waals surface area contributed by atoms with Gasteiger partial charge in [0.15, 0.2) is 0 Å². The highest BCUT2D eigenvalue weighted by molar-refractivity contribution is 5.34. The van der Waals surface area contributed by atoms with Gasteiger partial charge >= 0.3 is 0 Å². The van der Waals surface area contributed by atoms with Crippen LogP contribution >= 0.6 is 0 Å². The fraction of sp³-hybridized carbons (Fsp3) is 0.500. The minimum Gasteiger partial charge on any atom is -0.205 e. The third kappa shape index (κ3) is 3.70. The molecule has 1 aromatic rings. The number of hydrogen-bond acceptors (Lipinski definition) is 1. The maximum absolute atomic E-state index is 14.0. The molecule has 0 amide bonds. The lowest BCUT2D eigenvalue weighted by Gasteiger charge is -2.27. The highest BCUT2D eigenvalue weighted by Crippen LogP contribution is 2.33. The van der Waals surface area contributed by atoms with E-state index in [9.17, 15) is 4.39 Å². The third-order valence-corrected chi connectivity index (χ3v) is 4.49. The number of nitriles is 1. The van der Waals surface area contributed by atoms with Crippen LogP contribution < -0.4 is 0 Å². The van der Waals surface area contributed by atoms with Crippen molar-refractivity contribution in [3.05, 3.63) is 47.8 Å². The monoisotopic (exact) mass is 271 g/mol. The topological polar surface area (TPSA) is 23.8 Å². The highest BCUT2D eigenvalue weighted by atomic mass is 19.1. The molecule has 2 heteroatoms. The average Bonchev–Trinajstić information content (AvgIpc) is 2.48. The summed E-state index contributed by atoms with van der Waals surface area (Å²) < 4.78 is 14.0. The maximum Gasteiger partial charge on any atom is 0.144 e. The molecule has 0 aromatic heterocycles. The van der Waals surface area contributed by atoms with Crippen molar-refractivity contribution in [2.24, 2.45) is 11.8 Å². The fourth-order valence-corrected chi connectivity index (χ4v) is 3.21. The summed E-state index contributed by atoms with van der Waals surface area (Å²) in [5.74, 6) is 1.19. The largest absolute Gasteiger partial charge is 0.205 e. The SMILES string of the molecule is C=CC[C@H]1CC[C@H](CCc2cccc(C#N)c2F)CC1. The lowest BCUT2D eigenvalue weighted by Crippen LogP contribution is -2.15. The standard InChI is InChI=1S/C18H22FN/c1-2-4-14-7-9-15(10-8-14)11-12-16-5-3-6-17(13-20)18(16)19/h2-3,5-6,14-15H,1,4,7-12H2/t14-,15-. The van der Waals surface area contributed by atoms with E-state index in [4.69, 9.17) is 5.26 Å². The normalized spacial score (nSPS) is 22.2. The van der Waals surface area contributed by atoms with Gasteiger partial charge in [-0.25, -0.2) is 4.39 Å². The quantitative estimate of drug-likeness (QED) is 0.690. The zero-order valence-corrected chi connectivity index (χ0v) is 11.9. The summed E-state index contributed by atoms with van der Waals surface area (Å²) in [5, 5.41) is 8.84. The minimum absolute atomic E-state index is 0.164. The van der Waals surface area contributed by atoms with Gasteiger partial charge in [0.2, 0.25) is 0 Å². The Morgan fingerprint density at radius 3 is 2.60 bits per heavy atom. The van der Waals surface area contributed by atoms with Gasteiger partial charge in [0.1, 0.15) is 11.9 Å². The van der Waals surface area contributed by atoms with Crippen molar-refractivity contribution >= 4 is 0 Å². The van der Waals surface area contributed by atoms with Gasteiger partial charge in [0.05, 0.1) is 5.56 Å². The van der Waals surface area contributed by atoms with Gasteiger partial charge in [-0.15, -0.1) is 6.58 Å². The summed E-state index contributed by atoms with van der Waals surface area (Å²) in [6.07, 6.45) is 9.98. The first kappa shape index (κ1) is 14.8. The van der Waals surface area contributed by atoms with Gasteiger partial charge < -0.3 is 0 Å². The zero-order chi connectivity index (χ0) is 14.4. The number of benzene rings is 1. The fourth-order valence-electron chi connectivity index (χ4n) is 3.21. The molecule has 0 atom stereocenters. The second-order valence-electron chi connectivity index (χ2n) is 5.84. The van der Waals surface area contributed by atoms with E-state index < -0.39 is 0 Å². The van der Waals surface area contributed by atoms with Crippen LogP contribution in [0.25, 0.3) is 0 Å². The molecule has 1 aliphatic carbocycles. The first-order valence-corrected chi connectivity index (χ1v) is 7.53. The Bertz CT molecular complexity index is 493. The highest BCUT2D eigenvalue weighted by Gasteiger charge is 2.20. The Labute approximate surface area is 121 Å². The van der Waals surface area contributed by atoms with Crippen molar-refractivity contribution in [3.8, 4) is 6.07 Å². The molecule has 0 N–H and O–H groups in total. The van der Waals surface area contributed by atoms with Gasteiger partial charge in [0.25, 0.3) is 0 Å². The van der Waals surface area contributed by atoms with E-state index in [0.717, 1.165) is 25.2 Å².